The van der Waals surface area contributed by atoms with Gasteiger partial charge in [-0.3, -0.25) is 0 Å². The molecule has 0 spiro atoms. The fourth-order valence-corrected chi connectivity index (χ4v) is 2.37. The smallest absolute Gasteiger partial charge is 0.101 e. The van der Waals surface area contributed by atoms with Gasteiger partial charge in [0.05, 0.1) is 11.1 Å². The molecule has 0 aliphatic heterocycles. The summed E-state index contributed by atoms with van der Waals surface area (Å²) in [5, 5.41) is 27.5. The van der Waals surface area contributed by atoms with E-state index < -0.39 is 0 Å². The highest BCUT2D eigenvalue weighted by molar-refractivity contribution is 5.54. The summed E-state index contributed by atoms with van der Waals surface area (Å²) in [6, 6.07) is 8.25. The van der Waals surface area contributed by atoms with Crippen LogP contribution in [0.4, 0.5) is 0 Å². The molecular formula is C17H22N2O. The molecule has 0 fully saturated rings. The molecule has 1 rings (SSSR count). The van der Waals surface area contributed by atoms with Crippen LogP contribution in [-0.2, 0) is 12.8 Å². The normalized spacial score (nSPS) is 10.0. The van der Waals surface area contributed by atoms with Crippen LogP contribution < -0.4 is 0 Å². The number of aliphatic hydroxyl groups excluding tert-OH is 1. The minimum Gasteiger partial charge on any atom is -0.396 e. The van der Waals surface area contributed by atoms with Crippen molar-refractivity contribution in [2.24, 2.45) is 0 Å². The Labute approximate surface area is 121 Å². The van der Waals surface area contributed by atoms with Crippen molar-refractivity contribution < 1.29 is 5.11 Å². The SMILES string of the molecule is CCCCCCc1ccc(CCCO)c(C#N)c1C#N. The molecule has 0 radical (unpaired) electrons. The molecule has 3 nitrogen and oxygen atoms in total. The Kier molecular flexibility index (Phi) is 7.40. The summed E-state index contributed by atoms with van der Waals surface area (Å²) in [6.07, 6.45) is 6.74. The highest BCUT2D eigenvalue weighted by atomic mass is 16.2. The molecule has 20 heavy (non-hydrogen) atoms. The van der Waals surface area contributed by atoms with Crippen molar-refractivity contribution in [2.75, 3.05) is 6.61 Å². The summed E-state index contributed by atoms with van der Waals surface area (Å²) < 4.78 is 0. The molecule has 0 atom stereocenters. The first-order valence-electron chi connectivity index (χ1n) is 7.34. The Morgan fingerprint density at radius 3 is 1.90 bits per heavy atom. The van der Waals surface area contributed by atoms with Crippen molar-refractivity contribution in [2.45, 2.75) is 51.9 Å². The van der Waals surface area contributed by atoms with Crippen molar-refractivity contribution in [3.8, 4) is 12.1 Å². The molecule has 0 aromatic heterocycles. The Bertz CT molecular complexity index is 509. The lowest BCUT2D eigenvalue weighted by Gasteiger charge is -2.10. The number of nitrogens with zero attached hydrogens (tertiary/aromatic N) is 2. The number of nitriles is 2. The molecule has 0 aliphatic carbocycles. The number of aryl methyl sites for hydroxylation is 2. The van der Waals surface area contributed by atoms with Gasteiger partial charge in [0.25, 0.3) is 0 Å². The van der Waals surface area contributed by atoms with Crippen molar-refractivity contribution in [1.82, 2.24) is 0 Å². The van der Waals surface area contributed by atoms with Gasteiger partial charge in [-0.15, -0.1) is 0 Å². The van der Waals surface area contributed by atoms with Crippen LogP contribution in [0.25, 0.3) is 0 Å². The Morgan fingerprint density at radius 1 is 0.900 bits per heavy atom. The van der Waals surface area contributed by atoms with Gasteiger partial charge < -0.3 is 5.11 Å². The van der Waals surface area contributed by atoms with Gasteiger partial charge in [-0.1, -0.05) is 38.3 Å². The van der Waals surface area contributed by atoms with Crippen molar-refractivity contribution in [3.63, 3.8) is 0 Å². The van der Waals surface area contributed by atoms with E-state index >= 15 is 0 Å². The third-order valence-corrected chi connectivity index (χ3v) is 3.51. The third-order valence-electron chi connectivity index (χ3n) is 3.51. The summed E-state index contributed by atoms with van der Waals surface area (Å²) in [6.45, 7) is 2.27. The molecule has 0 heterocycles. The van der Waals surface area contributed by atoms with Crippen LogP contribution in [0.2, 0.25) is 0 Å². The zero-order chi connectivity index (χ0) is 14.8. The number of hydrogen-bond donors (Lipinski definition) is 1. The second-order valence-electron chi connectivity index (χ2n) is 5.00. The van der Waals surface area contributed by atoms with Crippen LogP contribution in [0.15, 0.2) is 12.1 Å². The van der Waals surface area contributed by atoms with E-state index in [1.807, 2.05) is 12.1 Å². The predicted molar refractivity (Wildman–Crippen MR) is 79.1 cm³/mol. The maximum Gasteiger partial charge on any atom is 0.101 e. The van der Waals surface area contributed by atoms with Gasteiger partial charge in [-0.05, 0) is 36.8 Å². The van der Waals surface area contributed by atoms with E-state index in [9.17, 15) is 10.5 Å². The summed E-state index contributed by atoms with van der Waals surface area (Å²) in [5.41, 5.74) is 2.87. The van der Waals surface area contributed by atoms with Gasteiger partial charge in [0.15, 0.2) is 0 Å². The first kappa shape index (κ1) is 16.2. The third kappa shape index (κ3) is 4.37. The van der Waals surface area contributed by atoms with E-state index in [0.29, 0.717) is 24.0 Å². The molecule has 0 saturated heterocycles. The Morgan fingerprint density at radius 2 is 1.45 bits per heavy atom. The van der Waals surface area contributed by atoms with Gasteiger partial charge in [0.1, 0.15) is 12.1 Å². The number of aliphatic hydroxyl groups is 1. The molecule has 0 aliphatic rings. The van der Waals surface area contributed by atoms with E-state index in [0.717, 1.165) is 30.4 Å². The molecule has 0 bridgehead atoms. The zero-order valence-electron chi connectivity index (χ0n) is 12.2. The Balaban J connectivity index is 2.92. The zero-order valence-corrected chi connectivity index (χ0v) is 12.2. The van der Waals surface area contributed by atoms with Crippen LogP contribution in [0.3, 0.4) is 0 Å². The number of benzene rings is 1. The summed E-state index contributed by atoms with van der Waals surface area (Å²) in [5.74, 6) is 0. The van der Waals surface area contributed by atoms with E-state index in [1.54, 1.807) is 0 Å². The topological polar surface area (TPSA) is 67.8 Å². The van der Waals surface area contributed by atoms with Gasteiger partial charge >= 0.3 is 0 Å². The fourth-order valence-electron chi connectivity index (χ4n) is 2.37. The fraction of sp³-hybridized carbons (Fsp3) is 0.529. The standard InChI is InChI=1S/C17H22N2O/c1-2-3-4-5-7-14-9-10-15(8-6-11-20)17(13-19)16(14)12-18/h9-10,20H,2-8,11H2,1H3. The highest BCUT2D eigenvalue weighted by Gasteiger charge is 2.12. The van der Waals surface area contributed by atoms with Crippen molar-refractivity contribution >= 4 is 0 Å². The number of hydrogen-bond acceptors (Lipinski definition) is 3. The predicted octanol–water partition coefficient (Wildman–Crippen LogP) is 3.48. The molecule has 0 amide bonds. The van der Waals surface area contributed by atoms with E-state index in [1.165, 1.54) is 12.8 Å². The Hall–Kier alpha value is -1.84. The van der Waals surface area contributed by atoms with Gasteiger partial charge in [-0.25, -0.2) is 0 Å². The quantitative estimate of drug-likeness (QED) is 0.735. The lowest BCUT2D eigenvalue weighted by atomic mass is 9.92. The lowest BCUT2D eigenvalue weighted by molar-refractivity contribution is 0.288. The summed E-state index contributed by atoms with van der Waals surface area (Å²) in [7, 11) is 0. The molecular weight excluding hydrogens is 248 g/mol. The van der Waals surface area contributed by atoms with E-state index in [4.69, 9.17) is 5.11 Å². The molecule has 3 heteroatoms. The number of unbranched alkanes of at least 4 members (excludes halogenated alkanes) is 3. The molecule has 106 valence electrons. The molecule has 1 N–H and O–H groups in total. The number of rotatable bonds is 8. The monoisotopic (exact) mass is 270 g/mol. The second-order valence-corrected chi connectivity index (χ2v) is 5.00. The van der Waals surface area contributed by atoms with Gasteiger partial charge in [0.2, 0.25) is 0 Å². The lowest BCUT2D eigenvalue weighted by Crippen LogP contribution is -2.01. The molecule has 0 unspecified atom stereocenters. The van der Waals surface area contributed by atoms with Crippen LogP contribution in [-0.4, -0.2) is 11.7 Å². The van der Waals surface area contributed by atoms with E-state index in [-0.39, 0.29) is 6.61 Å². The van der Waals surface area contributed by atoms with Crippen LogP contribution in [0.1, 0.15) is 61.3 Å². The maximum absolute atomic E-state index is 9.33. The minimum atomic E-state index is 0.103. The van der Waals surface area contributed by atoms with Crippen LogP contribution in [0.5, 0.6) is 0 Å². The van der Waals surface area contributed by atoms with Crippen LogP contribution in [0, 0.1) is 22.7 Å². The molecule has 0 saturated carbocycles. The second kappa shape index (κ2) is 9.13. The molecule has 1 aromatic carbocycles. The first-order chi connectivity index (χ1) is 9.78. The van der Waals surface area contributed by atoms with Crippen LogP contribution >= 0.6 is 0 Å². The molecule has 1 aromatic rings. The largest absolute Gasteiger partial charge is 0.396 e. The average Bonchev–Trinajstić information content (AvgIpc) is 2.49. The average molecular weight is 270 g/mol. The first-order valence-corrected chi connectivity index (χ1v) is 7.34. The summed E-state index contributed by atoms with van der Waals surface area (Å²) >= 11 is 0. The van der Waals surface area contributed by atoms with Crippen molar-refractivity contribution in [1.29, 1.82) is 10.5 Å². The van der Waals surface area contributed by atoms with Crippen molar-refractivity contribution in [3.05, 3.63) is 34.4 Å². The van der Waals surface area contributed by atoms with E-state index in [2.05, 4.69) is 19.1 Å². The maximum atomic E-state index is 9.33. The van der Waals surface area contributed by atoms with Gasteiger partial charge in [0, 0.05) is 6.61 Å². The minimum absolute atomic E-state index is 0.103. The van der Waals surface area contributed by atoms with Gasteiger partial charge in [-0.2, -0.15) is 10.5 Å². The highest BCUT2D eigenvalue weighted by Crippen LogP contribution is 2.21. The summed E-state index contributed by atoms with van der Waals surface area (Å²) in [4.78, 5) is 0.